The van der Waals surface area contributed by atoms with Gasteiger partial charge in [-0.1, -0.05) is 12.2 Å². The highest BCUT2D eigenvalue weighted by atomic mass is 32.1. The molecule has 0 saturated carbocycles. The molecule has 0 amide bonds. The summed E-state index contributed by atoms with van der Waals surface area (Å²) in [5, 5.41) is 2.76. The molecule has 0 aliphatic carbocycles. The Morgan fingerprint density at radius 2 is 2.45 bits per heavy atom. The van der Waals surface area contributed by atoms with Crippen LogP contribution in [-0.4, -0.2) is 22.9 Å². The van der Waals surface area contributed by atoms with E-state index in [0.717, 1.165) is 0 Å². The topological polar surface area (TPSA) is 47.0 Å². The second-order valence-corrected chi connectivity index (χ2v) is 2.43. The Hall–Kier alpha value is -1.10. The van der Waals surface area contributed by atoms with E-state index in [1.54, 1.807) is 11.7 Å². The maximum absolute atomic E-state index is 10.9. The van der Waals surface area contributed by atoms with Crippen LogP contribution in [0.15, 0.2) is 6.20 Å². The van der Waals surface area contributed by atoms with Gasteiger partial charge in [-0.15, -0.1) is 0 Å². The van der Waals surface area contributed by atoms with E-state index in [2.05, 4.69) is 9.84 Å². The van der Waals surface area contributed by atoms with Gasteiger partial charge in [0, 0.05) is 13.2 Å². The second-order valence-electron chi connectivity index (χ2n) is 2.04. The molecule has 0 spiro atoms. The molecule has 1 rings (SSSR count). The van der Waals surface area contributed by atoms with Crippen molar-refractivity contribution in [2.75, 3.05) is 7.11 Å². The van der Waals surface area contributed by atoms with Crippen LogP contribution < -0.4 is 0 Å². The molecule has 0 atom stereocenters. The summed E-state index contributed by atoms with van der Waals surface area (Å²) in [4.78, 5) is 10.9. The van der Waals surface area contributed by atoms with Gasteiger partial charge >= 0.3 is 5.97 Å². The van der Waals surface area contributed by atoms with E-state index in [1.165, 1.54) is 13.3 Å². The fraction of sp³-hybridized carbons (Fsp3) is 0.333. The van der Waals surface area contributed by atoms with Crippen LogP contribution in [0.2, 0.25) is 0 Å². The maximum Gasteiger partial charge on any atom is 0.342 e. The zero-order valence-corrected chi connectivity index (χ0v) is 7.07. The van der Waals surface area contributed by atoms with Gasteiger partial charge in [-0.2, -0.15) is 0 Å². The molecule has 5 heteroatoms. The highest BCUT2D eigenvalue weighted by Gasteiger charge is 2.09. The molecule has 0 aromatic carbocycles. The van der Waals surface area contributed by atoms with Crippen molar-refractivity contribution in [1.82, 2.24) is 9.78 Å². The SMILES string of the molecule is COC(=O)c1c[nH]n(C)c1=S. The average molecular weight is 172 g/mol. The monoisotopic (exact) mass is 172 g/mol. The molecule has 60 valence electrons. The number of aryl methyl sites for hydroxylation is 1. The number of carbonyl (C=O) groups excluding carboxylic acids is 1. The molecule has 0 unspecified atom stereocenters. The summed E-state index contributed by atoms with van der Waals surface area (Å²) in [5.41, 5.74) is 0.394. The number of hydrogen-bond acceptors (Lipinski definition) is 3. The number of aromatic amines is 1. The van der Waals surface area contributed by atoms with Crippen LogP contribution in [0.25, 0.3) is 0 Å². The predicted octanol–water partition coefficient (Wildman–Crippen LogP) is 0.869. The summed E-state index contributed by atoms with van der Waals surface area (Å²) in [6.07, 6.45) is 1.52. The number of hydrogen-bond donors (Lipinski definition) is 1. The Morgan fingerprint density at radius 3 is 2.82 bits per heavy atom. The minimum atomic E-state index is -0.410. The van der Waals surface area contributed by atoms with Gasteiger partial charge in [0.1, 0.15) is 10.2 Å². The van der Waals surface area contributed by atoms with E-state index >= 15 is 0 Å². The molecule has 0 aliphatic heterocycles. The molecule has 0 fully saturated rings. The summed E-state index contributed by atoms with van der Waals surface area (Å²) < 4.78 is 6.52. The Balaban J connectivity index is 3.15. The van der Waals surface area contributed by atoms with E-state index in [9.17, 15) is 4.79 Å². The molecular weight excluding hydrogens is 164 g/mol. The third-order valence-corrected chi connectivity index (χ3v) is 1.84. The number of methoxy groups -OCH3 is 1. The molecule has 11 heavy (non-hydrogen) atoms. The highest BCUT2D eigenvalue weighted by molar-refractivity contribution is 7.71. The number of aromatic nitrogens is 2. The predicted molar refractivity (Wildman–Crippen MR) is 41.9 cm³/mol. The number of carbonyl (C=O) groups is 1. The Kier molecular flexibility index (Phi) is 2.09. The maximum atomic E-state index is 10.9. The van der Waals surface area contributed by atoms with Gasteiger partial charge in [0.05, 0.1) is 7.11 Å². The smallest absolute Gasteiger partial charge is 0.342 e. The van der Waals surface area contributed by atoms with E-state index in [4.69, 9.17) is 12.2 Å². The summed E-state index contributed by atoms with van der Waals surface area (Å²) in [7, 11) is 3.05. The van der Waals surface area contributed by atoms with Crippen molar-refractivity contribution in [3.63, 3.8) is 0 Å². The van der Waals surface area contributed by atoms with Crippen molar-refractivity contribution in [2.45, 2.75) is 0 Å². The Labute approximate surface area is 68.8 Å². The van der Waals surface area contributed by atoms with Crippen LogP contribution in [0.4, 0.5) is 0 Å². The van der Waals surface area contributed by atoms with Gasteiger partial charge in [0.2, 0.25) is 0 Å². The van der Waals surface area contributed by atoms with Crippen LogP contribution in [0, 0.1) is 4.64 Å². The number of esters is 1. The molecule has 0 saturated heterocycles. The number of ether oxygens (including phenoxy) is 1. The zero-order chi connectivity index (χ0) is 8.43. The van der Waals surface area contributed by atoms with Crippen LogP contribution in [-0.2, 0) is 11.8 Å². The van der Waals surface area contributed by atoms with Crippen molar-refractivity contribution in [1.29, 1.82) is 0 Å². The van der Waals surface area contributed by atoms with E-state index in [-0.39, 0.29) is 0 Å². The first kappa shape index (κ1) is 8.00. The molecule has 0 bridgehead atoms. The van der Waals surface area contributed by atoms with Crippen molar-refractivity contribution in [3.05, 3.63) is 16.4 Å². The van der Waals surface area contributed by atoms with E-state index in [1.807, 2.05) is 0 Å². The lowest BCUT2D eigenvalue weighted by Crippen LogP contribution is -2.00. The first-order valence-corrected chi connectivity index (χ1v) is 3.40. The Bertz CT molecular complexity index is 326. The summed E-state index contributed by atoms with van der Waals surface area (Å²) in [5.74, 6) is -0.410. The van der Waals surface area contributed by atoms with Crippen LogP contribution in [0.5, 0.6) is 0 Å². The van der Waals surface area contributed by atoms with E-state index < -0.39 is 5.97 Å². The lowest BCUT2D eigenvalue weighted by atomic mass is 10.4. The van der Waals surface area contributed by atoms with Gasteiger partial charge in [-0.3, -0.25) is 4.68 Å². The molecule has 1 heterocycles. The summed E-state index contributed by atoms with van der Waals surface area (Å²) in [6.45, 7) is 0. The number of nitrogens with zero attached hydrogens (tertiary/aromatic N) is 1. The van der Waals surface area contributed by atoms with Crippen LogP contribution >= 0.6 is 12.2 Å². The normalized spacial score (nSPS) is 9.64. The lowest BCUT2D eigenvalue weighted by molar-refractivity contribution is 0.0600. The van der Waals surface area contributed by atoms with Crippen molar-refractivity contribution in [3.8, 4) is 0 Å². The highest BCUT2D eigenvalue weighted by Crippen LogP contribution is 2.01. The summed E-state index contributed by atoms with van der Waals surface area (Å²) >= 11 is 4.90. The van der Waals surface area contributed by atoms with E-state index in [0.29, 0.717) is 10.2 Å². The minimum Gasteiger partial charge on any atom is -0.465 e. The lowest BCUT2D eigenvalue weighted by Gasteiger charge is -1.91. The molecule has 0 aliphatic rings. The van der Waals surface area contributed by atoms with Gasteiger partial charge in [0.25, 0.3) is 0 Å². The van der Waals surface area contributed by atoms with Crippen molar-refractivity contribution in [2.24, 2.45) is 7.05 Å². The zero-order valence-electron chi connectivity index (χ0n) is 6.25. The second kappa shape index (κ2) is 2.87. The third-order valence-electron chi connectivity index (χ3n) is 1.34. The minimum absolute atomic E-state index is 0.394. The van der Waals surface area contributed by atoms with Gasteiger partial charge in [-0.05, 0) is 0 Å². The molecule has 1 aromatic rings. The van der Waals surface area contributed by atoms with Crippen LogP contribution in [0.1, 0.15) is 10.4 Å². The Morgan fingerprint density at radius 1 is 1.82 bits per heavy atom. The van der Waals surface area contributed by atoms with Crippen molar-refractivity contribution >= 4 is 18.2 Å². The number of nitrogens with one attached hydrogen (secondary N) is 1. The first-order chi connectivity index (χ1) is 5.16. The van der Waals surface area contributed by atoms with Gasteiger partial charge in [0.15, 0.2) is 0 Å². The summed E-state index contributed by atoms with van der Waals surface area (Å²) in [6, 6.07) is 0. The molecule has 0 radical (unpaired) electrons. The molecule has 1 N–H and O–H groups in total. The average Bonchev–Trinajstić information content (AvgIpc) is 2.32. The standard InChI is InChI=1S/C6H8N2O2S/c1-8-5(11)4(3-7-8)6(9)10-2/h3,7H,1-2H3. The quantitative estimate of drug-likeness (QED) is 0.505. The van der Waals surface area contributed by atoms with Crippen molar-refractivity contribution < 1.29 is 9.53 Å². The van der Waals surface area contributed by atoms with Gasteiger partial charge in [-0.25, -0.2) is 4.79 Å². The third kappa shape index (κ3) is 1.32. The fourth-order valence-corrected chi connectivity index (χ4v) is 0.914. The fourth-order valence-electron chi connectivity index (χ4n) is 0.719. The van der Waals surface area contributed by atoms with Crippen LogP contribution in [0.3, 0.4) is 0 Å². The first-order valence-electron chi connectivity index (χ1n) is 2.99. The molecule has 1 aromatic heterocycles. The van der Waals surface area contributed by atoms with Gasteiger partial charge < -0.3 is 9.84 Å². The molecule has 4 nitrogen and oxygen atoms in total. The molecular formula is C6H8N2O2S. The number of rotatable bonds is 1. The number of H-pyrrole nitrogens is 1. The largest absolute Gasteiger partial charge is 0.465 e.